The molecule has 1 saturated heterocycles. The molecule has 1 unspecified atom stereocenters. The molecule has 0 saturated carbocycles. The summed E-state index contributed by atoms with van der Waals surface area (Å²) in [5.41, 5.74) is 2.58. The smallest absolute Gasteiger partial charge is 0.122 e. The number of benzene rings is 1. The largest absolute Gasteiger partial charge is 0.490 e. The summed E-state index contributed by atoms with van der Waals surface area (Å²) in [5, 5.41) is 0. The Morgan fingerprint density at radius 2 is 2.04 bits per heavy atom. The van der Waals surface area contributed by atoms with Crippen LogP contribution in [0.1, 0.15) is 31.2 Å². The molecule has 0 radical (unpaired) electrons. The lowest BCUT2D eigenvalue weighted by molar-refractivity contribution is 0.160. The van der Waals surface area contributed by atoms with E-state index in [2.05, 4.69) is 59.9 Å². The highest BCUT2D eigenvalue weighted by Gasteiger charge is 2.22. The maximum absolute atomic E-state index is 6.18. The number of hydrogen-bond donors (Lipinski definition) is 0. The van der Waals surface area contributed by atoms with E-state index in [1.165, 1.54) is 24.1 Å². The van der Waals surface area contributed by atoms with Crippen LogP contribution in [0.5, 0.6) is 5.75 Å². The molecule has 2 aliphatic heterocycles. The zero-order valence-electron chi connectivity index (χ0n) is 14.8. The van der Waals surface area contributed by atoms with Gasteiger partial charge in [0, 0.05) is 48.6 Å². The zero-order valence-corrected chi connectivity index (χ0v) is 17.2. The molecule has 0 amide bonds. The predicted molar refractivity (Wildman–Crippen MR) is 111 cm³/mol. The van der Waals surface area contributed by atoms with Gasteiger partial charge in [-0.05, 0) is 68.0 Å². The molecule has 4 nitrogen and oxygen atoms in total. The lowest BCUT2D eigenvalue weighted by Gasteiger charge is -2.26. The summed E-state index contributed by atoms with van der Waals surface area (Å²) in [7, 11) is 0. The molecule has 138 valence electrons. The van der Waals surface area contributed by atoms with Crippen molar-refractivity contribution in [3.63, 3.8) is 0 Å². The summed E-state index contributed by atoms with van der Waals surface area (Å²) in [4.78, 5) is 4.10. The van der Waals surface area contributed by atoms with Crippen molar-refractivity contribution in [3.05, 3.63) is 52.8 Å². The number of fused-ring (bicyclic) bond motifs is 1. The first-order chi connectivity index (χ1) is 12.8. The van der Waals surface area contributed by atoms with E-state index < -0.39 is 0 Å². The monoisotopic (exact) mass is 433 g/mol. The van der Waals surface area contributed by atoms with Gasteiger partial charge >= 0.3 is 0 Å². The van der Waals surface area contributed by atoms with Crippen molar-refractivity contribution in [2.75, 3.05) is 23.9 Å². The summed E-state index contributed by atoms with van der Waals surface area (Å²) < 4.78 is 12.1. The van der Waals surface area contributed by atoms with Crippen molar-refractivity contribution in [3.8, 4) is 5.75 Å². The first kappa shape index (κ1) is 18.1. The molecule has 3 heterocycles. The SMILES string of the molecule is Brc1ccc2c(c1)CCC(CCCCN1CCN(c3ccncc3)S1)O2. The van der Waals surface area contributed by atoms with Gasteiger partial charge in [-0.3, -0.25) is 4.98 Å². The minimum atomic E-state index is 0.378. The summed E-state index contributed by atoms with van der Waals surface area (Å²) in [6.07, 6.45) is 9.97. The molecule has 1 aromatic heterocycles. The van der Waals surface area contributed by atoms with E-state index >= 15 is 0 Å². The molecule has 0 N–H and O–H groups in total. The molecule has 1 fully saturated rings. The Hall–Kier alpha value is -1.24. The summed E-state index contributed by atoms with van der Waals surface area (Å²) >= 11 is 5.38. The van der Waals surface area contributed by atoms with Gasteiger partial charge in [0.1, 0.15) is 5.75 Å². The van der Waals surface area contributed by atoms with Crippen molar-refractivity contribution in [1.29, 1.82) is 0 Å². The topological polar surface area (TPSA) is 28.6 Å². The molecule has 0 spiro atoms. The fourth-order valence-corrected chi connectivity index (χ4v) is 4.98. The molecule has 2 aliphatic rings. The van der Waals surface area contributed by atoms with Crippen LogP contribution in [0.3, 0.4) is 0 Å². The molecular formula is C20H24BrN3OS. The lowest BCUT2D eigenvalue weighted by Crippen LogP contribution is -2.23. The number of ether oxygens (including phenoxy) is 1. The third kappa shape index (κ3) is 4.53. The van der Waals surface area contributed by atoms with E-state index in [4.69, 9.17) is 4.74 Å². The van der Waals surface area contributed by atoms with Crippen LogP contribution < -0.4 is 9.04 Å². The third-order valence-electron chi connectivity index (χ3n) is 4.95. The number of hydrogen-bond acceptors (Lipinski definition) is 5. The van der Waals surface area contributed by atoms with Gasteiger partial charge < -0.3 is 9.04 Å². The van der Waals surface area contributed by atoms with E-state index in [-0.39, 0.29) is 0 Å². The fourth-order valence-electron chi connectivity index (χ4n) is 3.54. The Morgan fingerprint density at radius 1 is 1.15 bits per heavy atom. The van der Waals surface area contributed by atoms with Crippen LogP contribution >= 0.6 is 28.1 Å². The van der Waals surface area contributed by atoms with E-state index in [1.807, 2.05) is 24.5 Å². The van der Waals surface area contributed by atoms with Gasteiger partial charge in [0.2, 0.25) is 0 Å². The molecule has 1 aromatic carbocycles. The van der Waals surface area contributed by atoms with Crippen LogP contribution in [-0.4, -0.2) is 35.0 Å². The first-order valence-corrected chi connectivity index (χ1v) is 10.9. The van der Waals surface area contributed by atoms with Gasteiger partial charge in [-0.2, -0.15) is 0 Å². The van der Waals surface area contributed by atoms with Crippen LogP contribution in [0.4, 0.5) is 5.69 Å². The molecule has 4 rings (SSSR count). The van der Waals surface area contributed by atoms with Crippen LogP contribution in [0, 0.1) is 0 Å². The van der Waals surface area contributed by atoms with Crippen LogP contribution in [-0.2, 0) is 6.42 Å². The van der Waals surface area contributed by atoms with Crippen molar-refractivity contribution in [1.82, 2.24) is 9.29 Å². The Bertz CT molecular complexity index is 730. The molecular weight excluding hydrogens is 410 g/mol. The fraction of sp³-hybridized carbons (Fsp3) is 0.450. The minimum absolute atomic E-state index is 0.378. The number of nitrogens with zero attached hydrogens (tertiary/aromatic N) is 3. The lowest BCUT2D eigenvalue weighted by atomic mass is 9.99. The molecule has 26 heavy (non-hydrogen) atoms. The molecule has 2 aromatic rings. The number of aromatic nitrogens is 1. The maximum atomic E-state index is 6.18. The van der Waals surface area contributed by atoms with Gasteiger partial charge in [-0.25, -0.2) is 4.31 Å². The van der Waals surface area contributed by atoms with Crippen molar-refractivity contribution in [2.45, 2.75) is 38.2 Å². The first-order valence-electron chi connectivity index (χ1n) is 9.33. The number of unbranched alkanes of at least 4 members (excludes halogenated alkanes) is 1. The number of halogens is 1. The van der Waals surface area contributed by atoms with Crippen LogP contribution in [0.15, 0.2) is 47.2 Å². The Labute approximate surface area is 168 Å². The van der Waals surface area contributed by atoms with E-state index in [1.54, 1.807) is 0 Å². The molecule has 1 atom stereocenters. The number of anilines is 1. The zero-order chi connectivity index (χ0) is 17.8. The van der Waals surface area contributed by atoms with Crippen molar-refractivity contribution in [2.24, 2.45) is 0 Å². The van der Waals surface area contributed by atoms with E-state index in [9.17, 15) is 0 Å². The van der Waals surface area contributed by atoms with Crippen LogP contribution in [0.2, 0.25) is 0 Å². The second kappa shape index (κ2) is 8.63. The van der Waals surface area contributed by atoms with Crippen molar-refractivity contribution >= 4 is 33.8 Å². The highest BCUT2D eigenvalue weighted by molar-refractivity contribution is 9.10. The van der Waals surface area contributed by atoms with Gasteiger partial charge in [-0.1, -0.05) is 15.9 Å². The molecule has 6 heteroatoms. The van der Waals surface area contributed by atoms with Crippen LogP contribution in [0.25, 0.3) is 0 Å². The highest BCUT2D eigenvalue weighted by Crippen LogP contribution is 2.32. The summed E-state index contributed by atoms with van der Waals surface area (Å²) in [6.45, 7) is 3.34. The van der Waals surface area contributed by atoms with Gasteiger partial charge in [0.05, 0.1) is 11.8 Å². The number of aryl methyl sites for hydroxylation is 1. The Morgan fingerprint density at radius 3 is 2.92 bits per heavy atom. The quantitative estimate of drug-likeness (QED) is 0.467. The van der Waals surface area contributed by atoms with E-state index in [0.29, 0.717) is 6.10 Å². The van der Waals surface area contributed by atoms with Gasteiger partial charge in [0.15, 0.2) is 0 Å². The molecule has 0 bridgehead atoms. The van der Waals surface area contributed by atoms with Gasteiger partial charge in [0.25, 0.3) is 0 Å². The second-order valence-corrected chi connectivity index (χ2v) is 8.88. The summed E-state index contributed by atoms with van der Waals surface area (Å²) in [5.74, 6) is 1.08. The number of rotatable bonds is 6. The predicted octanol–water partition coefficient (Wildman–Crippen LogP) is 5.09. The maximum Gasteiger partial charge on any atom is 0.122 e. The number of pyridine rings is 1. The average Bonchev–Trinajstić information content (AvgIpc) is 3.15. The second-order valence-electron chi connectivity index (χ2n) is 6.84. The Balaban J connectivity index is 1.17. The minimum Gasteiger partial charge on any atom is -0.490 e. The summed E-state index contributed by atoms with van der Waals surface area (Å²) in [6, 6.07) is 10.5. The van der Waals surface area contributed by atoms with Crippen molar-refractivity contribution < 1.29 is 4.74 Å². The normalized spacial score (nSPS) is 20.0. The van der Waals surface area contributed by atoms with E-state index in [0.717, 1.165) is 49.1 Å². The Kier molecular flexibility index (Phi) is 6.02. The molecule has 0 aliphatic carbocycles. The third-order valence-corrected chi connectivity index (χ3v) is 6.63. The average molecular weight is 434 g/mol. The highest BCUT2D eigenvalue weighted by atomic mass is 79.9. The standard InChI is InChI=1S/C20H24BrN3OS/c21-17-5-7-20-16(15-17)4-6-19(25-20)3-1-2-12-23-13-14-24(26-23)18-8-10-22-11-9-18/h5,7-11,15,19H,1-4,6,12-14H2. The van der Waals surface area contributed by atoms with Gasteiger partial charge in [-0.15, -0.1) is 0 Å².